The Morgan fingerprint density at radius 3 is 1.49 bits per heavy atom. The number of hydrogen-bond acceptors (Lipinski definition) is 1. The molecule has 0 spiro atoms. The average Bonchev–Trinajstić information content (AvgIpc) is 3.39. The van der Waals surface area contributed by atoms with Gasteiger partial charge in [0, 0.05) is 15.1 Å². The third-order valence-electron chi connectivity index (χ3n) is 7.64. The van der Waals surface area contributed by atoms with Crippen LogP contribution in [-0.4, -0.2) is 0 Å². The van der Waals surface area contributed by atoms with Crippen LogP contribution in [0.25, 0.3) is 74.7 Å². The maximum absolute atomic E-state index is 2.39. The van der Waals surface area contributed by atoms with Gasteiger partial charge in [-0.1, -0.05) is 115 Å². The van der Waals surface area contributed by atoms with Gasteiger partial charge in [-0.05, 0) is 77.8 Å². The molecule has 0 amide bonds. The molecule has 7 aromatic carbocycles. The first-order chi connectivity index (χ1) is 18.4. The summed E-state index contributed by atoms with van der Waals surface area (Å²) >= 11 is 1.89. The minimum absolute atomic E-state index is 1.28. The molecule has 1 heterocycles. The van der Waals surface area contributed by atoms with Crippen molar-refractivity contribution in [3.63, 3.8) is 0 Å². The highest BCUT2D eigenvalue weighted by Gasteiger charge is 2.19. The van der Waals surface area contributed by atoms with Crippen LogP contribution in [0.2, 0.25) is 0 Å². The number of hydrogen-bond donors (Lipinski definition) is 0. The van der Waals surface area contributed by atoms with Crippen molar-refractivity contribution in [2.45, 2.75) is 0 Å². The molecule has 8 rings (SSSR count). The van der Waals surface area contributed by atoms with Gasteiger partial charge in [-0.15, -0.1) is 11.3 Å². The fourth-order valence-electron chi connectivity index (χ4n) is 6.05. The van der Waals surface area contributed by atoms with Crippen LogP contribution in [0.1, 0.15) is 0 Å². The zero-order chi connectivity index (χ0) is 24.3. The molecule has 0 saturated carbocycles. The number of rotatable bonds is 2. The van der Waals surface area contributed by atoms with Gasteiger partial charge in [-0.2, -0.15) is 0 Å². The van der Waals surface area contributed by atoms with Crippen LogP contribution >= 0.6 is 11.3 Å². The lowest BCUT2D eigenvalue weighted by Crippen LogP contribution is -1.91. The maximum Gasteiger partial charge on any atom is 0.0367 e. The highest BCUT2D eigenvalue weighted by Crippen LogP contribution is 2.48. The Morgan fingerprint density at radius 2 is 0.838 bits per heavy atom. The number of benzene rings is 7. The second-order valence-corrected chi connectivity index (χ2v) is 10.8. The highest BCUT2D eigenvalue weighted by molar-refractivity contribution is 7.22. The molecule has 1 heteroatoms. The van der Waals surface area contributed by atoms with Gasteiger partial charge in [-0.25, -0.2) is 0 Å². The van der Waals surface area contributed by atoms with Gasteiger partial charge in [0.2, 0.25) is 0 Å². The van der Waals surface area contributed by atoms with E-state index >= 15 is 0 Å². The van der Waals surface area contributed by atoms with Gasteiger partial charge >= 0.3 is 0 Å². The third-order valence-corrected chi connectivity index (χ3v) is 8.77. The number of fused-ring (bicyclic) bond motifs is 6. The van der Waals surface area contributed by atoms with Crippen LogP contribution < -0.4 is 0 Å². The largest absolute Gasteiger partial charge is 0.135 e. The van der Waals surface area contributed by atoms with Crippen LogP contribution in [0.3, 0.4) is 0 Å². The fourth-order valence-corrected chi connectivity index (χ4v) is 7.19. The van der Waals surface area contributed by atoms with Gasteiger partial charge in [-0.3, -0.25) is 0 Å². The van der Waals surface area contributed by atoms with E-state index in [9.17, 15) is 0 Å². The first-order valence-corrected chi connectivity index (χ1v) is 13.5. The van der Waals surface area contributed by atoms with E-state index in [0.29, 0.717) is 0 Å². The molecule has 0 aliphatic rings. The molecule has 0 aliphatic carbocycles. The minimum Gasteiger partial charge on any atom is -0.135 e. The van der Waals surface area contributed by atoms with Crippen LogP contribution in [0, 0.1) is 0 Å². The lowest BCUT2D eigenvalue weighted by Gasteiger charge is -2.19. The Hall–Kier alpha value is -4.46. The van der Waals surface area contributed by atoms with Crippen LogP contribution in [0.4, 0.5) is 0 Å². The standard InChI is InChI=1S/C36H22S/c1-3-13-25-23(11-1)21-32(27-15-5-4-14-26(25)27)35-28-16-6-8-18-30(28)36(31-19-9-7-17-29(31)35)34-22-24-12-2-10-20-33(24)37-34/h1-22H. The molecule has 1 aromatic heterocycles. The topological polar surface area (TPSA) is 0 Å². The van der Waals surface area contributed by atoms with Crippen LogP contribution in [0.15, 0.2) is 133 Å². The lowest BCUT2D eigenvalue weighted by molar-refractivity contribution is 1.72. The van der Waals surface area contributed by atoms with E-state index in [2.05, 4.69) is 133 Å². The van der Waals surface area contributed by atoms with Gasteiger partial charge in [0.15, 0.2) is 0 Å². The Kier molecular flexibility index (Phi) is 4.49. The summed E-state index contributed by atoms with van der Waals surface area (Å²) in [5.74, 6) is 0. The highest BCUT2D eigenvalue weighted by atomic mass is 32.1. The molecule has 172 valence electrons. The third kappa shape index (κ3) is 3.08. The van der Waals surface area contributed by atoms with Crippen molar-refractivity contribution in [2.24, 2.45) is 0 Å². The van der Waals surface area contributed by atoms with Gasteiger partial charge < -0.3 is 0 Å². The second-order valence-electron chi connectivity index (χ2n) is 9.68. The molecule has 0 saturated heterocycles. The minimum atomic E-state index is 1.28. The molecule has 0 aliphatic heterocycles. The summed E-state index contributed by atoms with van der Waals surface area (Å²) in [5.41, 5.74) is 3.95. The van der Waals surface area contributed by atoms with E-state index in [4.69, 9.17) is 0 Å². The second kappa shape index (κ2) is 8.03. The van der Waals surface area contributed by atoms with Gasteiger partial charge in [0.05, 0.1) is 0 Å². The zero-order valence-corrected chi connectivity index (χ0v) is 20.9. The Morgan fingerprint density at radius 1 is 0.351 bits per heavy atom. The molecule has 0 unspecified atom stereocenters. The molecular weight excluding hydrogens is 464 g/mol. The summed E-state index contributed by atoms with van der Waals surface area (Å²) < 4.78 is 1.33. The maximum atomic E-state index is 2.39. The molecule has 0 N–H and O–H groups in total. The fraction of sp³-hybridized carbons (Fsp3) is 0. The van der Waals surface area contributed by atoms with Crippen molar-refractivity contribution in [3.05, 3.63) is 133 Å². The van der Waals surface area contributed by atoms with E-state index in [1.807, 2.05) is 11.3 Å². The van der Waals surface area contributed by atoms with Crippen molar-refractivity contribution in [1.82, 2.24) is 0 Å². The van der Waals surface area contributed by atoms with E-state index in [1.54, 1.807) is 0 Å². The van der Waals surface area contributed by atoms with Crippen molar-refractivity contribution in [1.29, 1.82) is 0 Å². The molecule has 37 heavy (non-hydrogen) atoms. The molecule has 0 atom stereocenters. The predicted octanol–water partition coefficient (Wildman–Crippen LogP) is 10.8. The first-order valence-electron chi connectivity index (χ1n) is 12.7. The summed E-state index contributed by atoms with van der Waals surface area (Å²) in [7, 11) is 0. The molecular formula is C36H22S. The van der Waals surface area contributed by atoms with Crippen molar-refractivity contribution in [2.75, 3.05) is 0 Å². The average molecular weight is 487 g/mol. The Bertz CT molecular complexity index is 2050. The Labute approximate surface area is 219 Å². The summed E-state index contributed by atoms with van der Waals surface area (Å²) in [6.45, 7) is 0. The normalized spacial score (nSPS) is 11.8. The first kappa shape index (κ1) is 20.7. The van der Waals surface area contributed by atoms with Crippen LogP contribution in [-0.2, 0) is 0 Å². The van der Waals surface area contributed by atoms with E-state index in [0.717, 1.165) is 0 Å². The van der Waals surface area contributed by atoms with E-state index in [-0.39, 0.29) is 0 Å². The van der Waals surface area contributed by atoms with Gasteiger partial charge in [0.25, 0.3) is 0 Å². The van der Waals surface area contributed by atoms with Crippen molar-refractivity contribution in [3.8, 4) is 21.6 Å². The molecule has 0 nitrogen and oxygen atoms in total. The van der Waals surface area contributed by atoms with E-state index < -0.39 is 0 Å². The Balaban J connectivity index is 1.57. The van der Waals surface area contributed by atoms with Crippen molar-refractivity contribution < 1.29 is 0 Å². The predicted molar refractivity (Wildman–Crippen MR) is 163 cm³/mol. The quantitative estimate of drug-likeness (QED) is 0.168. The summed E-state index contributed by atoms with van der Waals surface area (Å²) in [6.07, 6.45) is 0. The SMILES string of the molecule is c1ccc2sc(-c3c4ccccc4c(-c4cc5ccccc5c5ccccc45)c4ccccc34)cc2c1. The summed E-state index contributed by atoms with van der Waals surface area (Å²) in [6, 6.07) is 49.0. The number of thiophene rings is 1. The molecule has 0 bridgehead atoms. The van der Waals surface area contributed by atoms with Crippen LogP contribution in [0.5, 0.6) is 0 Å². The monoisotopic (exact) mass is 486 g/mol. The lowest BCUT2D eigenvalue weighted by atomic mass is 9.85. The van der Waals surface area contributed by atoms with Crippen molar-refractivity contribution >= 4 is 64.5 Å². The smallest absolute Gasteiger partial charge is 0.0367 e. The summed E-state index contributed by atoms with van der Waals surface area (Å²) in [5, 5.41) is 11.7. The molecule has 0 fully saturated rings. The molecule has 0 radical (unpaired) electrons. The molecule has 8 aromatic rings. The van der Waals surface area contributed by atoms with E-state index in [1.165, 1.54) is 74.7 Å². The summed E-state index contributed by atoms with van der Waals surface area (Å²) in [4.78, 5) is 1.32. The van der Waals surface area contributed by atoms with Gasteiger partial charge in [0.1, 0.15) is 0 Å². The zero-order valence-electron chi connectivity index (χ0n) is 20.1.